The number of hydrogen-bond acceptors (Lipinski definition) is 6. The van der Waals surface area contributed by atoms with E-state index in [0.29, 0.717) is 0 Å². The van der Waals surface area contributed by atoms with Gasteiger partial charge >= 0.3 is 0 Å². The zero-order chi connectivity index (χ0) is 17.1. The van der Waals surface area contributed by atoms with E-state index >= 15 is 0 Å². The Hall–Kier alpha value is -2.44. The third-order valence-corrected chi connectivity index (χ3v) is 4.96. The molecule has 4 rings (SSSR count). The molecule has 0 saturated carbocycles. The van der Waals surface area contributed by atoms with Crippen LogP contribution in [0.2, 0.25) is 0 Å². The topological polar surface area (TPSA) is 48.4 Å². The van der Waals surface area contributed by atoms with Gasteiger partial charge in [-0.3, -0.25) is 0 Å². The first-order valence-electron chi connectivity index (χ1n) is 9.00. The molecule has 2 fully saturated rings. The molecule has 2 aliphatic rings. The van der Waals surface area contributed by atoms with Gasteiger partial charge in [-0.15, -0.1) is 10.2 Å². The molecular weight excluding hydrogens is 319 g/mol. The number of anilines is 3. The second-order valence-electron chi connectivity index (χ2n) is 6.61. The van der Waals surface area contributed by atoms with Gasteiger partial charge in [-0.25, -0.2) is 9.37 Å². The van der Waals surface area contributed by atoms with E-state index in [4.69, 9.17) is 0 Å². The maximum absolute atomic E-state index is 13.0. The standard InChI is InChI=1S/C18H23FN6/c19-15-4-5-16(20-14-15)24-10-12-25(13-11-24)18-7-6-17(21-22-18)23-8-2-1-3-9-23/h4-7,14H,1-3,8-13H2. The molecule has 0 atom stereocenters. The molecule has 2 saturated heterocycles. The molecule has 6 nitrogen and oxygen atoms in total. The van der Waals surface area contributed by atoms with Crippen molar-refractivity contribution in [2.45, 2.75) is 19.3 Å². The molecule has 0 N–H and O–H groups in total. The van der Waals surface area contributed by atoms with E-state index in [2.05, 4.69) is 42.0 Å². The Morgan fingerprint density at radius 1 is 0.640 bits per heavy atom. The SMILES string of the molecule is Fc1ccc(N2CCN(c3ccc(N4CCCCC4)nn3)CC2)nc1. The summed E-state index contributed by atoms with van der Waals surface area (Å²) in [6, 6.07) is 7.35. The molecule has 2 aliphatic heterocycles. The number of pyridine rings is 1. The van der Waals surface area contributed by atoms with Gasteiger partial charge in [0.1, 0.15) is 11.6 Å². The van der Waals surface area contributed by atoms with Crippen LogP contribution in [-0.4, -0.2) is 54.4 Å². The van der Waals surface area contributed by atoms with Crippen LogP contribution in [0, 0.1) is 5.82 Å². The van der Waals surface area contributed by atoms with Crippen molar-refractivity contribution in [2.24, 2.45) is 0 Å². The Labute approximate surface area is 147 Å². The number of piperazine rings is 1. The third kappa shape index (κ3) is 3.65. The van der Waals surface area contributed by atoms with Crippen LogP contribution >= 0.6 is 0 Å². The summed E-state index contributed by atoms with van der Waals surface area (Å²) in [7, 11) is 0. The Morgan fingerprint density at radius 2 is 1.16 bits per heavy atom. The molecule has 0 aliphatic carbocycles. The predicted octanol–water partition coefficient (Wildman–Crippen LogP) is 2.33. The van der Waals surface area contributed by atoms with Crippen molar-refractivity contribution in [1.29, 1.82) is 0 Å². The Balaban J connectivity index is 1.36. The number of halogens is 1. The Bertz CT molecular complexity index is 676. The molecule has 4 heterocycles. The average molecular weight is 342 g/mol. The molecule has 132 valence electrons. The van der Waals surface area contributed by atoms with Gasteiger partial charge in [0.2, 0.25) is 0 Å². The number of hydrogen-bond donors (Lipinski definition) is 0. The van der Waals surface area contributed by atoms with Gasteiger partial charge < -0.3 is 14.7 Å². The lowest BCUT2D eigenvalue weighted by molar-refractivity contribution is 0.570. The summed E-state index contributed by atoms with van der Waals surface area (Å²) in [6.07, 6.45) is 5.06. The van der Waals surface area contributed by atoms with Gasteiger partial charge in [0.05, 0.1) is 6.20 Å². The monoisotopic (exact) mass is 342 g/mol. The highest BCUT2D eigenvalue weighted by molar-refractivity contribution is 5.47. The van der Waals surface area contributed by atoms with Gasteiger partial charge in [0.15, 0.2) is 11.6 Å². The van der Waals surface area contributed by atoms with Crippen LogP contribution in [-0.2, 0) is 0 Å². The summed E-state index contributed by atoms with van der Waals surface area (Å²) < 4.78 is 13.0. The Morgan fingerprint density at radius 3 is 1.68 bits per heavy atom. The van der Waals surface area contributed by atoms with Gasteiger partial charge in [-0.2, -0.15) is 0 Å². The van der Waals surface area contributed by atoms with E-state index in [1.807, 2.05) is 0 Å². The van der Waals surface area contributed by atoms with E-state index in [1.165, 1.54) is 31.5 Å². The summed E-state index contributed by atoms with van der Waals surface area (Å²) in [5, 5.41) is 8.87. The van der Waals surface area contributed by atoms with Gasteiger partial charge in [0.25, 0.3) is 0 Å². The second-order valence-corrected chi connectivity index (χ2v) is 6.61. The van der Waals surface area contributed by atoms with E-state index in [9.17, 15) is 4.39 Å². The first kappa shape index (κ1) is 16.1. The van der Waals surface area contributed by atoms with Crippen LogP contribution in [0.4, 0.5) is 21.8 Å². The van der Waals surface area contributed by atoms with Crippen molar-refractivity contribution in [3.05, 3.63) is 36.3 Å². The predicted molar refractivity (Wildman–Crippen MR) is 96.7 cm³/mol. The molecule has 0 amide bonds. The minimum atomic E-state index is -0.300. The van der Waals surface area contributed by atoms with Crippen molar-refractivity contribution in [3.63, 3.8) is 0 Å². The summed E-state index contributed by atoms with van der Waals surface area (Å²) in [5.41, 5.74) is 0. The molecule has 0 radical (unpaired) electrons. The lowest BCUT2D eigenvalue weighted by Crippen LogP contribution is -2.47. The molecule has 2 aromatic heterocycles. The highest BCUT2D eigenvalue weighted by atomic mass is 19.1. The van der Waals surface area contributed by atoms with E-state index in [-0.39, 0.29) is 5.82 Å². The highest BCUT2D eigenvalue weighted by Crippen LogP contribution is 2.21. The summed E-state index contributed by atoms with van der Waals surface area (Å²) >= 11 is 0. The molecular formula is C18H23FN6. The van der Waals surface area contributed by atoms with Crippen molar-refractivity contribution in [1.82, 2.24) is 15.2 Å². The van der Waals surface area contributed by atoms with Crippen molar-refractivity contribution in [2.75, 3.05) is 54.0 Å². The smallest absolute Gasteiger partial charge is 0.151 e. The van der Waals surface area contributed by atoms with Gasteiger partial charge in [-0.1, -0.05) is 0 Å². The first-order chi connectivity index (χ1) is 12.3. The quantitative estimate of drug-likeness (QED) is 0.853. The van der Waals surface area contributed by atoms with Crippen LogP contribution in [0.3, 0.4) is 0 Å². The van der Waals surface area contributed by atoms with Crippen LogP contribution in [0.5, 0.6) is 0 Å². The van der Waals surface area contributed by atoms with Crippen LogP contribution in [0.15, 0.2) is 30.5 Å². The molecule has 0 aromatic carbocycles. The molecule has 7 heteroatoms. The second kappa shape index (κ2) is 7.21. The normalized spacial score (nSPS) is 18.5. The lowest BCUT2D eigenvalue weighted by Gasteiger charge is -2.36. The molecule has 0 unspecified atom stereocenters. The fourth-order valence-electron chi connectivity index (χ4n) is 3.50. The summed E-state index contributed by atoms with van der Waals surface area (Å²) in [5.74, 6) is 2.43. The third-order valence-electron chi connectivity index (χ3n) is 4.96. The minimum absolute atomic E-state index is 0.300. The van der Waals surface area contributed by atoms with Crippen LogP contribution in [0.25, 0.3) is 0 Å². The number of piperidine rings is 1. The maximum atomic E-state index is 13.0. The maximum Gasteiger partial charge on any atom is 0.151 e. The highest BCUT2D eigenvalue weighted by Gasteiger charge is 2.20. The van der Waals surface area contributed by atoms with Gasteiger partial charge in [-0.05, 0) is 43.5 Å². The largest absolute Gasteiger partial charge is 0.355 e. The molecule has 2 aromatic rings. The van der Waals surface area contributed by atoms with Crippen LogP contribution < -0.4 is 14.7 Å². The zero-order valence-electron chi connectivity index (χ0n) is 14.3. The number of rotatable bonds is 3. The molecule has 0 bridgehead atoms. The number of aromatic nitrogens is 3. The van der Waals surface area contributed by atoms with Crippen molar-refractivity contribution < 1.29 is 4.39 Å². The zero-order valence-corrected chi connectivity index (χ0v) is 14.3. The molecule has 0 spiro atoms. The van der Waals surface area contributed by atoms with Gasteiger partial charge in [0, 0.05) is 39.3 Å². The summed E-state index contributed by atoms with van der Waals surface area (Å²) in [6.45, 7) is 5.56. The minimum Gasteiger partial charge on any atom is -0.355 e. The fourth-order valence-corrected chi connectivity index (χ4v) is 3.50. The number of nitrogens with zero attached hydrogens (tertiary/aromatic N) is 6. The van der Waals surface area contributed by atoms with Crippen molar-refractivity contribution >= 4 is 17.5 Å². The fraction of sp³-hybridized carbons (Fsp3) is 0.500. The Kier molecular flexibility index (Phi) is 4.63. The van der Waals surface area contributed by atoms with Crippen molar-refractivity contribution in [3.8, 4) is 0 Å². The van der Waals surface area contributed by atoms with Crippen LogP contribution in [0.1, 0.15) is 19.3 Å². The first-order valence-corrected chi connectivity index (χ1v) is 9.00. The van der Waals surface area contributed by atoms with E-state index in [0.717, 1.165) is 56.7 Å². The lowest BCUT2D eigenvalue weighted by atomic mass is 10.1. The van der Waals surface area contributed by atoms with E-state index < -0.39 is 0 Å². The average Bonchev–Trinajstić information content (AvgIpc) is 2.70. The summed E-state index contributed by atoms with van der Waals surface area (Å²) in [4.78, 5) is 10.9. The molecule has 25 heavy (non-hydrogen) atoms. The van der Waals surface area contributed by atoms with E-state index in [1.54, 1.807) is 6.07 Å².